The number of hydrogen-bond acceptors (Lipinski definition) is 8. The molecule has 22 heavy (non-hydrogen) atoms. The molecule has 8 nitrogen and oxygen atoms in total. The van der Waals surface area contributed by atoms with E-state index in [4.69, 9.17) is 16.2 Å². The number of nitrogens with one attached hydrogen (secondary N) is 1. The highest BCUT2D eigenvalue weighted by atomic mass is 16.5. The van der Waals surface area contributed by atoms with Gasteiger partial charge in [-0.1, -0.05) is 30.3 Å². The van der Waals surface area contributed by atoms with Crippen LogP contribution in [0.25, 0.3) is 0 Å². The maximum atomic E-state index is 12.2. The number of nitrogens with two attached hydrogens (primary N) is 2. The predicted molar refractivity (Wildman–Crippen MR) is 83.0 cm³/mol. The maximum absolute atomic E-state index is 12.2. The third-order valence-electron chi connectivity index (χ3n) is 3.32. The van der Waals surface area contributed by atoms with Crippen LogP contribution in [0.2, 0.25) is 0 Å². The minimum absolute atomic E-state index is 0.00878. The number of anilines is 3. The Hall–Kier alpha value is -2.90. The second-order valence-electron chi connectivity index (χ2n) is 4.92. The Morgan fingerprint density at radius 2 is 1.77 bits per heavy atom. The second-order valence-corrected chi connectivity index (χ2v) is 4.92. The third-order valence-corrected chi connectivity index (χ3v) is 3.32. The van der Waals surface area contributed by atoms with E-state index in [1.807, 2.05) is 30.3 Å². The molecule has 5 N–H and O–H groups in total. The monoisotopic (exact) mass is 302 g/mol. The van der Waals surface area contributed by atoms with Gasteiger partial charge < -0.3 is 21.5 Å². The van der Waals surface area contributed by atoms with Crippen molar-refractivity contribution >= 4 is 23.8 Å². The summed E-state index contributed by atoms with van der Waals surface area (Å²) in [6.45, 7) is 1.99. The van der Waals surface area contributed by atoms with Crippen molar-refractivity contribution in [2.75, 3.05) is 30.4 Å². The number of hydrogen-bond donors (Lipinski definition) is 3. The van der Waals surface area contributed by atoms with Crippen LogP contribution in [0.3, 0.4) is 0 Å². The van der Waals surface area contributed by atoms with Crippen molar-refractivity contribution in [3.8, 4) is 0 Å². The first-order chi connectivity index (χ1) is 10.5. The van der Waals surface area contributed by atoms with Crippen molar-refractivity contribution in [3.63, 3.8) is 0 Å². The van der Waals surface area contributed by atoms with Gasteiger partial charge in [0.15, 0.2) is 0 Å². The van der Waals surface area contributed by atoms with Gasteiger partial charge in [0.2, 0.25) is 17.8 Å². The lowest BCUT2D eigenvalue weighted by Gasteiger charge is -2.27. The van der Waals surface area contributed by atoms with Gasteiger partial charge in [-0.15, -0.1) is 0 Å². The van der Waals surface area contributed by atoms with Crippen molar-refractivity contribution in [2.45, 2.75) is 12.3 Å². The second kappa shape index (κ2) is 6.25. The van der Waals surface area contributed by atoms with E-state index in [1.54, 1.807) is 6.92 Å². The van der Waals surface area contributed by atoms with Crippen LogP contribution < -0.4 is 16.8 Å². The summed E-state index contributed by atoms with van der Waals surface area (Å²) in [5.74, 6) is -0.152. The molecule has 0 aliphatic heterocycles. The highest BCUT2D eigenvalue weighted by molar-refractivity contribution is 5.83. The molecule has 2 rings (SSSR count). The van der Waals surface area contributed by atoms with E-state index < -0.39 is 5.41 Å². The van der Waals surface area contributed by atoms with E-state index in [0.717, 1.165) is 5.56 Å². The third kappa shape index (κ3) is 3.22. The van der Waals surface area contributed by atoms with Gasteiger partial charge in [-0.2, -0.15) is 15.0 Å². The molecule has 1 unspecified atom stereocenters. The molecule has 2 aromatic rings. The van der Waals surface area contributed by atoms with Crippen molar-refractivity contribution < 1.29 is 9.53 Å². The van der Waals surface area contributed by atoms with Gasteiger partial charge in [-0.05, 0) is 12.5 Å². The van der Waals surface area contributed by atoms with Crippen LogP contribution in [0.1, 0.15) is 12.5 Å². The standard InChI is InChI=1S/C14H18N6O2/c1-14(10(21)22-2,9-6-4-3-5-7-9)8-17-13-19-11(15)18-12(16)20-13/h3-7H,8H2,1-2H3,(H5,15,16,17,18,19,20). The molecule has 0 bridgehead atoms. The molecule has 0 fully saturated rings. The molecular formula is C14H18N6O2. The molecule has 0 saturated heterocycles. The fraction of sp³-hybridized carbons (Fsp3) is 0.286. The van der Waals surface area contributed by atoms with E-state index in [1.165, 1.54) is 7.11 Å². The number of methoxy groups -OCH3 is 1. The zero-order valence-corrected chi connectivity index (χ0v) is 12.4. The van der Waals surface area contributed by atoms with E-state index in [-0.39, 0.29) is 30.4 Å². The molecule has 1 heterocycles. The van der Waals surface area contributed by atoms with Crippen molar-refractivity contribution in [2.24, 2.45) is 0 Å². The Bertz CT molecular complexity index is 643. The highest BCUT2D eigenvalue weighted by Gasteiger charge is 2.36. The number of esters is 1. The van der Waals surface area contributed by atoms with Gasteiger partial charge in [0.05, 0.1) is 7.11 Å². The topological polar surface area (TPSA) is 129 Å². The van der Waals surface area contributed by atoms with Gasteiger partial charge >= 0.3 is 5.97 Å². The fourth-order valence-corrected chi connectivity index (χ4v) is 2.07. The summed E-state index contributed by atoms with van der Waals surface area (Å²) >= 11 is 0. The molecular weight excluding hydrogens is 284 g/mol. The first-order valence-corrected chi connectivity index (χ1v) is 6.60. The number of aromatic nitrogens is 3. The molecule has 1 aromatic heterocycles. The Morgan fingerprint density at radius 3 is 2.32 bits per heavy atom. The predicted octanol–water partition coefficient (Wildman–Crippen LogP) is 0.579. The number of nitrogen functional groups attached to an aromatic ring is 2. The quantitative estimate of drug-likeness (QED) is 0.684. The molecule has 1 aromatic carbocycles. The summed E-state index contributed by atoms with van der Waals surface area (Å²) in [4.78, 5) is 23.8. The van der Waals surface area contributed by atoms with Crippen molar-refractivity contribution in [1.82, 2.24) is 15.0 Å². The van der Waals surface area contributed by atoms with Gasteiger partial charge in [0.25, 0.3) is 0 Å². The summed E-state index contributed by atoms with van der Waals surface area (Å²) in [7, 11) is 1.35. The normalized spacial score (nSPS) is 13.2. The Labute approximate surface area is 127 Å². The van der Waals surface area contributed by atoms with Crippen molar-refractivity contribution in [1.29, 1.82) is 0 Å². The molecule has 0 aliphatic carbocycles. The molecule has 8 heteroatoms. The van der Waals surface area contributed by atoms with Gasteiger partial charge in [0, 0.05) is 6.54 Å². The summed E-state index contributed by atoms with van der Waals surface area (Å²) in [5, 5.41) is 2.96. The van der Waals surface area contributed by atoms with Crippen LogP contribution in [0.4, 0.5) is 17.8 Å². The van der Waals surface area contributed by atoms with E-state index in [9.17, 15) is 4.79 Å². The van der Waals surface area contributed by atoms with Crippen molar-refractivity contribution in [3.05, 3.63) is 35.9 Å². The maximum Gasteiger partial charge on any atom is 0.317 e. The fourth-order valence-electron chi connectivity index (χ4n) is 2.07. The molecule has 0 saturated carbocycles. The summed E-state index contributed by atoms with van der Waals surface area (Å²) < 4.78 is 4.92. The molecule has 0 radical (unpaired) electrons. The number of rotatable bonds is 5. The molecule has 116 valence electrons. The zero-order chi connectivity index (χ0) is 16.2. The Morgan fingerprint density at radius 1 is 1.18 bits per heavy atom. The summed E-state index contributed by atoms with van der Waals surface area (Å²) in [6.07, 6.45) is 0. The van der Waals surface area contributed by atoms with Crippen LogP contribution in [0, 0.1) is 0 Å². The lowest BCUT2D eigenvalue weighted by Crippen LogP contribution is -2.40. The van der Waals surface area contributed by atoms with Gasteiger partial charge in [-0.25, -0.2) is 0 Å². The van der Waals surface area contributed by atoms with Gasteiger partial charge in [0.1, 0.15) is 5.41 Å². The number of carbonyl (C=O) groups excluding carboxylic acids is 1. The summed E-state index contributed by atoms with van der Waals surface area (Å²) in [5.41, 5.74) is 10.9. The Kier molecular flexibility index (Phi) is 4.40. The number of benzene rings is 1. The summed E-state index contributed by atoms with van der Waals surface area (Å²) in [6, 6.07) is 9.30. The first kappa shape index (κ1) is 15.5. The molecule has 0 spiro atoms. The number of carbonyl (C=O) groups is 1. The van der Waals surface area contributed by atoms with E-state index >= 15 is 0 Å². The highest BCUT2D eigenvalue weighted by Crippen LogP contribution is 2.25. The van der Waals surface area contributed by atoms with E-state index in [0.29, 0.717) is 0 Å². The minimum Gasteiger partial charge on any atom is -0.468 e. The van der Waals surface area contributed by atoms with Crippen LogP contribution in [-0.4, -0.2) is 34.6 Å². The minimum atomic E-state index is -0.911. The zero-order valence-electron chi connectivity index (χ0n) is 12.4. The van der Waals surface area contributed by atoms with Crippen LogP contribution >= 0.6 is 0 Å². The number of nitrogens with zero attached hydrogens (tertiary/aromatic N) is 3. The first-order valence-electron chi connectivity index (χ1n) is 6.60. The lowest BCUT2D eigenvalue weighted by atomic mass is 9.82. The van der Waals surface area contributed by atoms with E-state index in [2.05, 4.69) is 20.3 Å². The van der Waals surface area contributed by atoms with Gasteiger partial charge in [-0.3, -0.25) is 4.79 Å². The van der Waals surface area contributed by atoms with Crippen LogP contribution in [-0.2, 0) is 14.9 Å². The molecule has 0 aliphatic rings. The largest absolute Gasteiger partial charge is 0.468 e. The Balaban J connectivity index is 2.26. The van der Waals surface area contributed by atoms with Crippen LogP contribution in [0.15, 0.2) is 30.3 Å². The SMILES string of the molecule is COC(=O)C(C)(CNc1nc(N)nc(N)n1)c1ccccc1. The average Bonchev–Trinajstić information content (AvgIpc) is 2.51. The average molecular weight is 302 g/mol. The smallest absolute Gasteiger partial charge is 0.317 e. The number of ether oxygens (including phenoxy) is 1. The molecule has 1 atom stereocenters. The molecule has 0 amide bonds. The lowest BCUT2D eigenvalue weighted by molar-refractivity contribution is -0.146. The van der Waals surface area contributed by atoms with Crippen LogP contribution in [0.5, 0.6) is 0 Å².